The SMILES string of the molecule is CCC(CCCCC(CC)S(=O)(=O)C1CC1)CC(=NC1C(C)=NCN=C1C)Sc1cc2c(cc1C)CCC2. The van der Waals surface area contributed by atoms with Gasteiger partial charge in [0.2, 0.25) is 0 Å². The minimum atomic E-state index is -2.92. The molecule has 0 radical (unpaired) electrons. The third-order valence-corrected chi connectivity index (χ3v) is 12.7. The maximum absolute atomic E-state index is 12.7. The molecular weight excluding hydrogens is 510 g/mol. The molecule has 1 aliphatic heterocycles. The number of hydrogen-bond acceptors (Lipinski definition) is 6. The lowest BCUT2D eigenvalue weighted by molar-refractivity contribution is 0.452. The van der Waals surface area contributed by atoms with Crippen LogP contribution in [-0.2, 0) is 22.7 Å². The molecule has 5 nitrogen and oxygen atoms in total. The average Bonchev–Trinajstić information content (AvgIpc) is 3.66. The molecule has 0 spiro atoms. The molecule has 38 heavy (non-hydrogen) atoms. The number of unbranched alkanes of at least 4 members (excludes halogenated alkanes) is 1. The molecule has 2 atom stereocenters. The first-order chi connectivity index (χ1) is 18.2. The summed E-state index contributed by atoms with van der Waals surface area (Å²) >= 11 is 1.84. The van der Waals surface area contributed by atoms with Crippen molar-refractivity contribution in [2.45, 2.75) is 133 Å². The van der Waals surface area contributed by atoms with E-state index in [0.29, 0.717) is 12.6 Å². The molecule has 2 aliphatic carbocycles. The number of nitrogens with zero attached hydrogens (tertiary/aromatic N) is 3. The van der Waals surface area contributed by atoms with Gasteiger partial charge in [0.15, 0.2) is 9.84 Å². The van der Waals surface area contributed by atoms with Gasteiger partial charge < -0.3 is 0 Å². The zero-order chi connectivity index (χ0) is 27.3. The fraction of sp³-hybridized carbons (Fsp3) is 0.710. The van der Waals surface area contributed by atoms with Gasteiger partial charge in [0.05, 0.1) is 15.5 Å². The zero-order valence-corrected chi connectivity index (χ0v) is 25.8. The van der Waals surface area contributed by atoms with E-state index in [1.807, 2.05) is 18.7 Å². The second kappa shape index (κ2) is 13.3. The Morgan fingerprint density at radius 2 is 1.66 bits per heavy atom. The predicted molar refractivity (Wildman–Crippen MR) is 164 cm³/mol. The smallest absolute Gasteiger partial charge is 0.156 e. The Kier molecular flexibility index (Phi) is 10.3. The van der Waals surface area contributed by atoms with Crippen LogP contribution in [0, 0.1) is 12.8 Å². The summed E-state index contributed by atoms with van der Waals surface area (Å²) in [5.41, 5.74) is 6.47. The summed E-state index contributed by atoms with van der Waals surface area (Å²) in [5, 5.41) is 0.978. The van der Waals surface area contributed by atoms with Gasteiger partial charge in [-0.25, -0.2) is 8.42 Å². The van der Waals surface area contributed by atoms with E-state index in [1.165, 1.54) is 45.9 Å². The van der Waals surface area contributed by atoms with Gasteiger partial charge in [-0.2, -0.15) is 0 Å². The number of sulfone groups is 1. The third-order valence-electron chi connectivity index (χ3n) is 8.66. The minimum absolute atomic E-state index is 0.0481. The molecule has 0 aromatic heterocycles. The van der Waals surface area contributed by atoms with Crippen LogP contribution in [0.25, 0.3) is 0 Å². The molecule has 1 aromatic rings. The van der Waals surface area contributed by atoms with Crippen LogP contribution in [0.5, 0.6) is 0 Å². The molecule has 0 saturated heterocycles. The van der Waals surface area contributed by atoms with Crippen molar-refractivity contribution in [2.24, 2.45) is 20.9 Å². The van der Waals surface area contributed by atoms with Crippen LogP contribution in [0.15, 0.2) is 32.0 Å². The van der Waals surface area contributed by atoms with E-state index >= 15 is 0 Å². The molecule has 7 heteroatoms. The Morgan fingerprint density at radius 3 is 2.29 bits per heavy atom. The summed E-state index contributed by atoms with van der Waals surface area (Å²) in [6.07, 6.45) is 12.2. The Balaban J connectivity index is 1.44. The van der Waals surface area contributed by atoms with Crippen molar-refractivity contribution in [3.63, 3.8) is 0 Å². The van der Waals surface area contributed by atoms with Gasteiger partial charge in [0.25, 0.3) is 0 Å². The highest BCUT2D eigenvalue weighted by molar-refractivity contribution is 8.14. The van der Waals surface area contributed by atoms with Crippen LogP contribution >= 0.6 is 11.8 Å². The molecule has 0 bridgehead atoms. The van der Waals surface area contributed by atoms with Gasteiger partial charge >= 0.3 is 0 Å². The fourth-order valence-corrected chi connectivity index (χ4v) is 9.37. The van der Waals surface area contributed by atoms with Crippen LogP contribution in [0.3, 0.4) is 0 Å². The minimum Gasteiger partial charge on any atom is -0.268 e. The lowest BCUT2D eigenvalue weighted by Crippen LogP contribution is -2.29. The highest BCUT2D eigenvalue weighted by Gasteiger charge is 2.40. The molecule has 0 amide bonds. The predicted octanol–water partition coefficient (Wildman–Crippen LogP) is 7.57. The molecule has 0 N–H and O–H groups in total. The summed E-state index contributed by atoms with van der Waals surface area (Å²) in [4.78, 5) is 15.8. The molecule has 1 fully saturated rings. The standard InChI is InChI=1S/C31H47N3O2S2/c1-6-24(11-8-9-14-27(7-2)38(35,36)28-15-16-28)18-30(34-31-22(4)32-20-33-23(31)5)37-29-19-26-13-10-12-25(26)17-21(29)3/h17,19,24,27-28,31H,6-16,18,20H2,1-5H3. The van der Waals surface area contributed by atoms with Crippen LogP contribution < -0.4 is 0 Å². The topological polar surface area (TPSA) is 71.2 Å². The van der Waals surface area contributed by atoms with E-state index in [0.717, 1.165) is 69.2 Å². The van der Waals surface area contributed by atoms with E-state index < -0.39 is 9.84 Å². The van der Waals surface area contributed by atoms with E-state index in [2.05, 4.69) is 49.8 Å². The molecule has 4 rings (SSSR count). The van der Waals surface area contributed by atoms with Crippen LogP contribution in [-0.4, -0.2) is 48.1 Å². The Hall–Kier alpha value is -1.47. The molecule has 210 valence electrons. The van der Waals surface area contributed by atoms with Gasteiger partial charge in [0.1, 0.15) is 12.7 Å². The first kappa shape index (κ1) is 29.5. The van der Waals surface area contributed by atoms with Crippen molar-refractivity contribution in [1.82, 2.24) is 0 Å². The lowest BCUT2D eigenvalue weighted by atomic mass is 9.95. The summed E-state index contributed by atoms with van der Waals surface area (Å²) in [6.45, 7) is 11.2. The maximum atomic E-state index is 12.7. The van der Waals surface area contributed by atoms with Gasteiger partial charge in [-0.3, -0.25) is 15.0 Å². The monoisotopic (exact) mass is 557 g/mol. The molecular formula is C31H47N3O2S2. The van der Waals surface area contributed by atoms with E-state index in [-0.39, 0.29) is 16.5 Å². The summed E-state index contributed by atoms with van der Waals surface area (Å²) in [6, 6.07) is 4.74. The van der Waals surface area contributed by atoms with Gasteiger partial charge in [-0.05, 0) is 101 Å². The molecule has 3 aliphatic rings. The van der Waals surface area contributed by atoms with Crippen LogP contribution in [0.4, 0.5) is 0 Å². The van der Waals surface area contributed by atoms with Crippen LogP contribution in [0.2, 0.25) is 0 Å². The van der Waals surface area contributed by atoms with Gasteiger partial charge in [0, 0.05) is 16.3 Å². The van der Waals surface area contributed by atoms with Gasteiger partial charge in [-0.15, -0.1) is 0 Å². The zero-order valence-electron chi connectivity index (χ0n) is 24.1. The largest absolute Gasteiger partial charge is 0.268 e. The number of hydrogen-bond donors (Lipinski definition) is 0. The van der Waals surface area contributed by atoms with Gasteiger partial charge in [-0.1, -0.05) is 57.4 Å². The van der Waals surface area contributed by atoms with Crippen molar-refractivity contribution in [2.75, 3.05) is 6.67 Å². The Morgan fingerprint density at radius 1 is 1.00 bits per heavy atom. The molecule has 1 heterocycles. The van der Waals surface area contributed by atoms with Crippen molar-refractivity contribution in [3.05, 3.63) is 28.8 Å². The normalized spacial score (nSPS) is 20.2. The van der Waals surface area contributed by atoms with E-state index in [4.69, 9.17) is 4.99 Å². The second-order valence-corrected chi connectivity index (χ2v) is 15.2. The fourth-order valence-electron chi connectivity index (χ4n) is 5.92. The molecule has 1 saturated carbocycles. The highest BCUT2D eigenvalue weighted by atomic mass is 32.2. The first-order valence-corrected chi connectivity index (χ1v) is 17.3. The number of fused-ring (bicyclic) bond motifs is 1. The Labute approximate surface area is 235 Å². The number of aliphatic imine (C=N–C) groups is 3. The van der Waals surface area contributed by atoms with Crippen LogP contribution in [0.1, 0.15) is 109 Å². The van der Waals surface area contributed by atoms with Crippen molar-refractivity contribution < 1.29 is 8.42 Å². The summed E-state index contributed by atoms with van der Waals surface area (Å²) in [7, 11) is -2.92. The van der Waals surface area contributed by atoms with E-state index in [9.17, 15) is 8.42 Å². The number of thioether (sulfide) groups is 1. The molecule has 2 unspecified atom stereocenters. The second-order valence-electron chi connectivity index (χ2n) is 11.6. The van der Waals surface area contributed by atoms with E-state index in [1.54, 1.807) is 0 Å². The number of benzene rings is 1. The quantitative estimate of drug-likeness (QED) is 0.109. The molecule has 1 aromatic carbocycles. The third kappa shape index (κ3) is 7.38. The van der Waals surface area contributed by atoms with Crippen molar-refractivity contribution in [3.8, 4) is 0 Å². The van der Waals surface area contributed by atoms with Crippen molar-refractivity contribution >= 4 is 38.1 Å². The van der Waals surface area contributed by atoms with Crippen molar-refractivity contribution in [1.29, 1.82) is 0 Å². The summed E-state index contributed by atoms with van der Waals surface area (Å²) < 4.78 is 25.5. The number of aryl methyl sites for hydroxylation is 3. The average molecular weight is 558 g/mol. The first-order valence-electron chi connectivity index (χ1n) is 14.8. The summed E-state index contributed by atoms with van der Waals surface area (Å²) in [5.74, 6) is 0.536. The highest BCUT2D eigenvalue weighted by Crippen LogP contribution is 2.36. The Bertz CT molecular complexity index is 1160. The lowest BCUT2D eigenvalue weighted by Gasteiger charge is -2.22. The maximum Gasteiger partial charge on any atom is 0.156 e. The number of rotatable bonds is 13.